The number of thioether (sulfide) groups is 1. The summed E-state index contributed by atoms with van der Waals surface area (Å²) >= 11 is 2.01. The van der Waals surface area contributed by atoms with Crippen LogP contribution in [0, 0.1) is 5.41 Å². The number of aryl methyl sites for hydroxylation is 1. The van der Waals surface area contributed by atoms with Crippen molar-refractivity contribution < 1.29 is 4.74 Å². The van der Waals surface area contributed by atoms with Gasteiger partial charge in [-0.2, -0.15) is 11.8 Å². The molecule has 2 aliphatic heterocycles. The first-order valence-corrected chi connectivity index (χ1v) is 7.48. The third kappa shape index (κ3) is 2.39. The highest BCUT2D eigenvalue weighted by atomic mass is 32.2. The fourth-order valence-corrected chi connectivity index (χ4v) is 3.39. The van der Waals surface area contributed by atoms with Crippen molar-refractivity contribution in [1.82, 2.24) is 0 Å². The molecule has 2 nitrogen and oxygen atoms in total. The summed E-state index contributed by atoms with van der Waals surface area (Å²) in [7, 11) is 0. The first-order chi connectivity index (χ1) is 8.25. The summed E-state index contributed by atoms with van der Waals surface area (Å²) in [6.07, 6.45) is 2.43. The highest BCUT2D eigenvalue weighted by molar-refractivity contribution is 8.00. The molecule has 17 heavy (non-hydrogen) atoms. The van der Waals surface area contributed by atoms with E-state index in [2.05, 4.69) is 30.4 Å². The molecule has 0 aliphatic carbocycles. The fourth-order valence-electron chi connectivity index (χ4n) is 2.32. The Bertz CT molecular complexity index is 415. The Kier molecular flexibility index (Phi) is 2.95. The van der Waals surface area contributed by atoms with E-state index in [9.17, 15) is 0 Å². The van der Waals surface area contributed by atoms with Crippen LogP contribution >= 0.6 is 11.8 Å². The van der Waals surface area contributed by atoms with Crippen LogP contribution in [0.4, 0.5) is 5.69 Å². The number of anilines is 1. The molecule has 1 fully saturated rings. The SMILES string of the molecule is CC1(COc2ccc3c(c2)NCCC3)CSC1. The maximum absolute atomic E-state index is 5.93. The number of nitrogens with one attached hydrogen (secondary N) is 1. The number of fused-ring (bicyclic) bond motifs is 1. The van der Waals surface area contributed by atoms with E-state index in [1.54, 1.807) is 0 Å². The van der Waals surface area contributed by atoms with Gasteiger partial charge in [0, 0.05) is 35.2 Å². The second kappa shape index (κ2) is 4.45. The van der Waals surface area contributed by atoms with Crippen LogP contribution < -0.4 is 10.1 Å². The van der Waals surface area contributed by atoms with Gasteiger partial charge in [0.15, 0.2) is 0 Å². The van der Waals surface area contributed by atoms with Crippen LogP contribution in [0.1, 0.15) is 18.9 Å². The Morgan fingerprint density at radius 1 is 1.41 bits per heavy atom. The lowest BCUT2D eigenvalue weighted by atomic mass is 9.96. The van der Waals surface area contributed by atoms with Gasteiger partial charge in [0.25, 0.3) is 0 Å². The molecule has 1 aromatic rings. The van der Waals surface area contributed by atoms with Crippen LogP contribution in [0.5, 0.6) is 5.75 Å². The summed E-state index contributed by atoms with van der Waals surface area (Å²) in [6, 6.07) is 6.47. The van der Waals surface area contributed by atoms with Crippen LogP contribution in [-0.2, 0) is 6.42 Å². The number of rotatable bonds is 3. The molecular formula is C14H19NOS. The number of hydrogen-bond donors (Lipinski definition) is 1. The fraction of sp³-hybridized carbons (Fsp3) is 0.571. The van der Waals surface area contributed by atoms with Gasteiger partial charge in [-0.15, -0.1) is 0 Å². The lowest BCUT2D eigenvalue weighted by Gasteiger charge is -2.37. The second-order valence-corrected chi connectivity index (χ2v) is 6.43. The Balaban J connectivity index is 1.67. The van der Waals surface area contributed by atoms with Crippen LogP contribution in [0.25, 0.3) is 0 Å². The van der Waals surface area contributed by atoms with Crippen molar-refractivity contribution in [3.8, 4) is 5.75 Å². The Morgan fingerprint density at radius 2 is 2.29 bits per heavy atom. The molecule has 2 heterocycles. The molecule has 1 N–H and O–H groups in total. The standard InChI is InChI=1S/C14H19NOS/c1-14(9-17-10-14)8-16-12-5-4-11-3-2-6-15-13(11)7-12/h4-5,7,15H,2-3,6,8-10H2,1H3. The van der Waals surface area contributed by atoms with E-state index >= 15 is 0 Å². The van der Waals surface area contributed by atoms with Gasteiger partial charge in [-0.05, 0) is 24.5 Å². The first-order valence-electron chi connectivity index (χ1n) is 6.33. The van der Waals surface area contributed by atoms with E-state index in [0.29, 0.717) is 5.41 Å². The highest BCUT2D eigenvalue weighted by Crippen LogP contribution is 2.38. The predicted molar refractivity (Wildman–Crippen MR) is 74.2 cm³/mol. The molecule has 0 radical (unpaired) electrons. The van der Waals surface area contributed by atoms with Crippen LogP contribution in [0.3, 0.4) is 0 Å². The molecule has 3 rings (SSSR count). The summed E-state index contributed by atoms with van der Waals surface area (Å²) < 4.78 is 5.93. The van der Waals surface area contributed by atoms with Gasteiger partial charge in [0.1, 0.15) is 5.75 Å². The maximum atomic E-state index is 5.93. The van der Waals surface area contributed by atoms with Crippen molar-refractivity contribution >= 4 is 17.4 Å². The number of benzene rings is 1. The third-order valence-electron chi connectivity index (χ3n) is 3.51. The number of ether oxygens (including phenoxy) is 1. The topological polar surface area (TPSA) is 21.3 Å². The largest absolute Gasteiger partial charge is 0.493 e. The second-order valence-electron chi connectivity index (χ2n) is 5.44. The molecule has 0 unspecified atom stereocenters. The van der Waals surface area contributed by atoms with Crippen molar-refractivity contribution in [2.24, 2.45) is 5.41 Å². The normalized spacial score (nSPS) is 21.0. The minimum atomic E-state index is 0.397. The van der Waals surface area contributed by atoms with Crippen molar-refractivity contribution in [1.29, 1.82) is 0 Å². The molecular weight excluding hydrogens is 230 g/mol. The molecule has 3 heteroatoms. The molecule has 1 aromatic carbocycles. The van der Waals surface area contributed by atoms with E-state index in [-0.39, 0.29) is 0 Å². The lowest BCUT2D eigenvalue weighted by Crippen LogP contribution is -2.38. The van der Waals surface area contributed by atoms with Crippen LogP contribution in [0.2, 0.25) is 0 Å². The summed E-state index contributed by atoms with van der Waals surface area (Å²) in [5, 5.41) is 3.44. The molecule has 0 bridgehead atoms. The predicted octanol–water partition coefficient (Wildman–Crippen LogP) is 3.18. The number of hydrogen-bond acceptors (Lipinski definition) is 3. The van der Waals surface area contributed by atoms with Gasteiger partial charge in [-0.25, -0.2) is 0 Å². The van der Waals surface area contributed by atoms with E-state index in [1.807, 2.05) is 11.8 Å². The maximum Gasteiger partial charge on any atom is 0.121 e. The smallest absolute Gasteiger partial charge is 0.121 e. The summed E-state index contributed by atoms with van der Waals surface area (Å²) in [5.41, 5.74) is 3.09. The van der Waals surface area contributed by atoms with Gasteiger partial charge < -0.3 is 10.1 Å². The van der Waals surface area contributed by atoms with E-state index in [4.69, 9.17) is 4.74 Å². The van der Waals surface area contributed by atoms with Gasteiger partial charge in [0.2, 0.25) is 0 Å². The minimum Gasteiger partial charge on any atom is -0.493 e. The molecule has 0 atom stereocenters. The highest BCUT2D eigenvalue weighted by Gasteiger charge is 2.33. The lowest BCUT2D eigenvalue weighted by molar-refractivity contribution is 0.196. The van der Waals surface area contributed by atoms with Gasteiger partial charge in [-0.1, -0.05) is 13.0 Å². The van der Waals surface area contributed by atoms with Gasteiger partial charge in [-0.3, -0.25) is 0 Å². The van der Waals surface area contributed by atoms with Crippen molar-refractivity contribution in [3.63, 3.8) is 0 Å². The zero-order valence-corrected chi connectivity index (χ0v) is 11.1. The van der Waals surface area contributed by atoms with Crippen molar-refractivity contribution in [2.75, 3.05) is 30.0 Å². The summed E-state index contributed by atoms with van der Waals surface area (Å²) in [4.78, 5) is 0. The van der Waals surface area contributed by atoms with Gasteiger partial charge >= 0.3 is 0 Å². The summed E-state index contributed by atoms with van der Waals surface area (Å²) in [6.45, 7) is 4.24. The molecule has 1 saturated heterocycles. The summed E-state index contributed by atoms with van der Waals surface area (Å²) in [5.74, 6) is 3.48. The molecule has 0 spiro atoms. The molecule has 0 saturated carbocycles. The molecule has 92 valence electrons. The molecule has 0 aromatic heterocycles. The average molecular weight is 249 g/mol. The van der Waals surface area contributed by atoms with Crippen molar-refractivity contribution in [3.05, 3.63) is 23.8 Å². The van der Waals surface area contributed by atoms with Crippen molar-refractivity contribution in [2.45, 2.75) is 19.8 Å². The third-order valence-corrected chi connectivity index (χ3v) is 5.31. The first kappa shape index (κ1) is 11.3. The Hall–Kier alpha value is -0.830. The van der Waals surface area contributed by atoms with Crippen LogP contribution in [0.15, 0.2) is 18.2 Å². The minimum absolute atomic E-state index is 0.397. The Morgan fingerprint density at radius 3 is 3.06 bits per heavy atom. The van der Waals surface area contributed by atoms with Crippen LogP contribution in [-0.4, -0.2) is 24.7 Å². The Labute approximate surface area is 107 Å². The van der Waals surface area contributed by atoms with E-state index in [1.165, 1.54) is 35.6 Å². The zero-order chi connectivity index (χ0) is 11.7. The quantitative estimate of drug-likeness (QED) is 0.889. The zero-order valence-electron chi connectivity index (χ0n) is 10.3. The average Bonchev–Trinajstić information content (AvgIpc) is 2.34. The molecule has 0 amide bonds. The van der Waals surface area contributed by atoms with E-state index in [0.717, 1.165) is 18.9 Å². The monoisotopic (exact) mass is 249 g/mol. The molecule has 2 aliphatic rings. The van der Waals surface area contributed by atoms with Gasteiger partial charge in [0.05, 0.1) is 6.61 Å². The van der Waals surface area contributed by atoms with E-state index < -0.39 is 0 Å².